The fourth-order valence-corrected chi connectivity index (χ4v) is 5.47. The van der Waals surface area contributed by atoms with Gasteiger partial charge in [0.2, 0.25) is 11.8 Å². The van der Waals surface area contributed by atoms with E-state index in [0.717, 1.165) is 27.3 Å². The lowest BCUT2D eigenvalue weighted by Gasteiger charge is -2.36. The number of aliphatic hydroxyl groups excluding tert-OH is 2. The third kappa shape index (κ3) is 5.11. The maximum absolute atomic E-state index is 12.9. The molecule has 1 aliphatic carbocycles. The number of allylic oxidation sites excluding steroid dienone is 1. The van der Waals surface area contributed by atoms with Gasteiger partial charge in [0.1, 0.15) is 5.75 Å². The van der Waals surface area contributed by atoms with Gasteiger partial charge in [0.25, 0.3) is 0 Å². The average molecular weight is 493 g/mol. The zero-order chi connectivity index (χ0) is 25.8. The Kier molecular flexibility index (Phi) is 7.98. The molecule has 36 heavy (non-hydrogen) atoms. The third-order valence-electron chi connectivity index (χ3n) is 7.19. The summed E-state index contributed by atoms with van der Waals surface area (Å²) in [6, 6.07) is 12.4. The van der Waals surface area contributed by atoms with Crippen molar-refractivity contribution in [2.75, 3.05) is 27.4 Å². The topological polar surface area (TPSA) is 120 Å². The molecular weight excluding hydrogens is 460 g/mol. The molecule has 0 unspecified atom stereocenters. The Bertz CT molecular complexity index is 1160. The Balaban J connectivity index is 1.63. The molecule has 190 valence electrons. The van der Waals surface area contributed by atoms with Crippen LogP contribution in [0.15, 0.2) is 59.8 Å². The number of rotatable bonds is 9. The molecule has 0 radical (unpaired) electrons. The van der Waals surface area contributed by atoms with Crippen molar-refractivity contribution in [2.45, 2.75) is 25.4 Å². The zero-order valence-electron chi connectivity index (χ0n) is 20.5. The second kappa shape index (κ2) is 11.2. The molecule has 1 fully saturated rings. The number of aliphatic hydroxyl groups is 2. The number of ether oxygens (including phenoxy) is 1. The fourth-order valence-electron chi connectivity index (χ4n) is 5.47. The van der Waals surface area contributed by atoms with Crippen LogP contribution in [0, 0.1) is 17.8 Å². The molecule has 1 saturated heterocycles. The van der Waals surface area contributed by atoms with E-state index in [0.29, 0.717) is 24.8 Å². The number of benzene rings is 1. The number of hydrogen-bond donors (Lipinski definition) is 3. The quantitative estimate of drug-likeness (QED) is 0.364. The standard InChI is InChI=1S/C28H32N2O6/c1-30-27(34)21-14-19(16-36-2)25(22(15-31)26(21)28(30)35)24(33)11-8-18(23-5-3-4-12-29-23)13-17-6-9-20(32)10-7-17/h3-7,9-10,12-13,21-22,24,26,31-33H,8,11,14-16H2,1-2H3/b18-13-/t21-,22+,24-,26-/m1/s1. The molecule has 8 heteroatoms. The van der Waals surface area contributed by atoms with Gasteiger partial charge in [0, 0.05) is 26.3 Å². The summed E-state index contributed by atoms with van der Waals surface area (Å²) in [6.45, 7) is -0.127. The summed E-state index contributed by atoms with van der Waals surface area (Å²) in [5.74, 6) is -2.26. The summed E-state index contributed by atoms with van der Waals surface area (Å²) < 4.78 is 5.37. The van der Waals surface area contributed by atoms with Crippen LogP contribution in [0.2, 0.25) is 0 Å². The maximum atomic E-state index is 12.9. The predicted molar refractivity (Wildman–Crippen MR) is 134 cm³/mol. The molecule has 1 aromatic carbocycles. The first-order chi connectivity index (χ1) is 17.3. The second-order valence-corrected chi connectivity index (χ2v) is 9.38. The monoisotopic (exact) mass is 492 g/mol. The molecule has 0 saturated carbocycles. The van der Waals surface area contributed by atoms with Crippen LogP contribution in [-0.2, 0) is 14.3 Å². The number of likely N-dealkylation sites (tertiary alicyclic amines) is 1. The van der Waals surface area contributed by atoms with Crippen LogP contribution in [-0.4, -0.2) is 70.5 Å². The molecule has 2 aromatic rings. The van der Waals surface area contributed by atoms with E-state index in [9.17, 15) is 24.9 Å². The minimum atomic E-state index is -0.936. The number of imide groups is 1. The van der Waals surface area contributed by atoms with Gasteiger partial charge >= 0.3 is 0 Å². The average Bonchev–Trinajstić information content (AvgIpc) is 3.11. The SMILES string of the molecule is COCC1=C([C@H](O)CC/C(=C/c2ccc(O)cc2)c2ccccn2)[C@H](CO)[C@@H]2C(=O)N(C)C(=O)[C@@H]2C1. The van der Waals surface area contributed by atoms with Crippen LogP contribution in [0.4, 0.5) is 0 Å². The Morgan fingerprint density at radius 1 is 1.19 bits per heavy atom. The molecule has 0 bridgehead atoms. The molecule has 8 nitrogen and oxygen atoms in total. The lowest BCUT2D eigenvalue weighted by molar-refractivity contribution is -0.138. The smallest absolute Gasteiger partial charge is 0.233 e. The van der Waals surface area contributed by atoms with Gasteiger partial charge in [-0.3, -0.25) is 19.5 Å². The van der Waals surface area contributed by atoms with Gasteiger partial charge in [0.05, 0.1) is 36.8 Å². The number of phenolic OH excluding ortho intramolecular Hbond substituents is 1. The molecule has 2 aliphatic rings. The number of fused-ring (bicyclic) bond motifs is 1. The molecule has 3 N–H and O–H groups in total. The molecule has 2 heterocycles. The van der Waals surface area contributed by atoms with Gasteiger partial charge in [-0.1, -0.05) is 18.2 Å². The van der Waals surface area contributed by atoms with E-state index in [-0.39, 0.29) is 30.8 Å². The normalized spacial score (nSPS) is 23.3. The number of aromatic nitrogens is 1. The van der Waals surface area contributed by atoms with Crippen molar-refractivity contribution < 1.29 is 29.6 Å². The number of nitrogens with zero attached hydrogens (tertiary/aromatic N) is 2. The van der Waals surface area contributed by atoms with Crippen LogP contribution in [0.3, 0.4) is 0 Å². The van der Waals surface area contributed by atoms with Crippen LogP contribution >= 0.6 is 0 Å². The summed E-state index contributed by atoms with van der Waals surface area (Å²) >= 11 is 0. The summed E-state index contributed by atoms with van der Waals surface area (Å²) in [7, 11) is 3.02. The number of methoxy groups -OCH3 is 1. The van der Waals surface area contributed by atoms with E-state index in [1.807, 2.05) is 24.3 Å². The van der Waals surface area contributed by atoms with E-state index in [2.05, 4.69) is 4.98 Å². The van der Waals surface area contributed by atoms with Gasteiger partial charge in [-0.2, -0.15) is 0 Å². The Morgan fingerprint density at radius 3 is 2.58 bits per heavy atom. The van der Waals surface area contributed by atoms with Crippen LogP contribution in [0.1, 0.15) is 30.5 Å². The largest absolute Gasteiger partial charge is 0.508 e. The Hall–Kier alpha value is -3.33. The molecule has 2 amide bonds. The van der Waals surface area contributed by atoms with E-state index in [1.54, 1.807) is 37.6 Å². The predicted octanol–water partition coefficient (Wildman–Crippen LogP) is 2.66. The van der Waals surface area contributed by atoms with Crippen molar-refractivity contribution in [2.24, 2.45) is 17.8 Å². The second-order valence-electron chi connectivity index (χ2n) is 9.38. The summed E-state index contributed by atoms with van der Waals surface area (Å²) in [6.07, 6.45) is 3.86. The van der Waals surface area contributed by atoms with Crippen molar-refractivity contribution in [3.8, 4) is 5.75 Å². The fraction of sp³-hybridized carbons (Fsp3) is 0.393. The first kappa shape index (κ1) is 25.8. The van der Waals surface area contributed by atoms with Crippen molar-refractivity contribution in [1.82, 2.24) is 9.88 Å². The molecule has 1 aliphatic heterocycles. The Morgan fingerprint density at radius 2 is 1.94 bits per heavy atom. The number of amides is 2. The minimum absolute atomic E-state index is 0.177. The van der Waals surface area contributed by atoms with E-state index >= 15 is 0 Å². The molecule has 4 rings (SSSR count). The minimum Gasteiger partial charge on any atom is -0.508 e. The van der Waals surface area contributed by atoms with Gasteiger partial charge in [-0.15, -0.1) is 0 Å². The summed E-state index contributed by atoms with van der Waals surface area (Å²) in [4.78, 5) is 31.1. The number of carbonyl (C=O) groups excluding carboxylic acids is 2. The molecule has 0 spiro atoms. The van der Waals surface area contributed by atoms with Crippen molar-refractivity contribution in [3.05, 3.63) is 71.1 Å². The van der Waals surface area contributed by atoms with Gasteiger partial charge in [0.15, 0.2) is 0 Å². The number of aromatic hydroxyl groups is 1. The highest BCUT2D eigenvalue weighted by atomic mass is 16.5. The summed E-state index contributed by atoms with van der Waals surface area (Å²) in [5, 5.41) is 31.3. The van der Waals surface area contributed by atoms with Crippen molar-refractivity contribution >= 4 is 23.5 Å². The van der Waals surface area contributed by atoms with Gasteiger partial charge < -0.3 is 20.1 Å². The van der Waals surface area contributed by atoms with E-state index < -0.39 is 23.9 Å². The number of phenols is 1. The van der Waals surface area contributed by atoms with Gasteiger partial charge in [-0.05, 0) is 71.9 Å². The van der Waals surface area contributed by atoms with Crippen LogP contribution in [0.25, 0.3) is 11.6 Å². The highest BCUT2D eigenvalue weighted by Crippen LogP contribution is 2.46. The van der Waals surface area contributed by atoms with Crippen LogP contribution < -0.4 is 0 Å². The Labute approximate surface area is 210 Å². The summed E-state index contributed by atoms with van der Waals surface area (Å²) in [5.41, 5.74) is 3.92. The van der Waals surface area contributed by atoms with Crippen LogP contribution in [0.5, 0.6) is 5.75 Å². The number of hydrogen-bond acceptors (Lipinski definition) is 7. The van der Waals surface area contributed by atoms with Crippen molar-refractivity contribution in [3.63, 3.8) is 0 Å². The molecule has 1 aromatic heterocycles. The third-order valence-corrected chi connectivity index (χ3v) is 7.19. The van der Waals surface area contributed by atoms with E-state index in [4.69, 9.17) is 4.74 Å². The maximum Gasteiger partial charge on any atom is 0.233 e. The lowest BCUT2D eigenvalue weighted by atomic mass is 9.68. The number of pyridine rings is 1. The first-order valence-electron chi connectivity index (χ1n) is 12.1. The molecular formula is C28H32N2O6. The zero-order valence-corrected chi connectivity index (χ0v) is 20.5. The highest BCUT2D eigenvalue weighted by molar-refractivity contribution is 6.05. The number of carbonyl (C=O) groups is 2. The van der Waals surface area contributed by atoms with Gasteiger partial charge in [-0.25, -0.2) is 0 Å². The highest BCUT2D eigenvalue weighted by Gasteiger charge is 2.53. The van der Waals surface area contributed by atoms with Crippen molar-refractivity contribution in [1.29, 1.82) is 0 Å². The lowest BCUT2D eigenvalue weighted by Crippen LogP contribution is -2.39. The first-order valence-corrected chi connectivity index (χ1v) is 12.1. The van der Waals surface area contributed by atoms with E-state index in [1.165, 1.54) is 7.05 Å². The molecule has 4 atom stereocenters.